The molecule has 0 aliphatic heterocycles. The van der Waals surface area contributed by atoms with Gasteiger partial charge in [0.2, 0.25) is 0 Å². The Bertz CT molecular complexity index is 3540. The number of aromatic nitrogens is 3. The van der Waals surface area contributed by atoms with E-state index in [1.54, 1.807) is 39.8 Å². The first-order valence-electron chi connectivity index (χ1n) is 26.9. The molecule has 0 saturated carbocycles. The van der Waals surface area contributed by atoms with Gasteiger partial charge >= 0.3 is 0 Å². The van der Waals surface area contributed by atoms with E-state index in [1.165, 1.54) is 5.56 Å². The Morgan fingerprint density at radius 1 is 0.631 bits per heavy atom. The molecule has 0 aliphatic rings. The van der Waals surface area contributed by atoms with Crippen LogP contribution in [0.5, 0.6) is 5.75 Å². The number of hydrogen-bond donors (Lipinski definition) is 1. The normalized spacial score (nSPS) is 14.8. The van der Waals surface area contributed by atoms with Gasteiger partial charge in [0, 0.05) is 41.2 Å². The average molecular weight is 1050 g/mol. The van der Waals surface area contributed by atoms with Crippen LogP contribution >= 0.6 is 0 Å². The van der Waals surface area contributed by atoms with Gasteiger partial charge in [-0.05, 0) is 97.3 Å². The zero-order valence-corrected chi connectivity index (χ0v) is 42.0. The van der Waals surface area contributed by atoms with E-state index in [1.807, 2.05) is 55.7 Å². The molecule has 0 atom stereocenters. The van der Waals surface area contributed by atoms with Gasteiger partial charge in [0.25, 0.3) is 0 Å². The quantitative estimate of drug-likeness (QED) is 0.154. The third-order valence-electron chi connectivity index (χ3n) is 11.9. The summed E-state index contributed by atoms with van der Waals surface area (Å²) in [5.74, 6) is -2.15. The molecule has 0 fully saturated rings. The maximum atomic E-state index is 12.5. The van der Waals surface area contributed by atoms with Gasteiger partial charge < -0.3 is 5.11 Å². The van der Waals surface area contributed by atoms with Gasteiger partial charge in [0.15, 0.2) is 0 Å². The number of hydrogen-bond acceptors (Lipinski definition) is 3. The Kier molecular flexibility index (Phi) is 9.88. The zero-order valence-electron chi connectivity index (χ0n) is 49.7. The van der Waals surface area contributed by atoms with E-state index in [4.69, 9.17) is 14.6 Å². The van der Waals surface area contributed by atoms with Crippen molar-refractivity contribution in [2.24, 2.45) is 0 Å². The zero-order chi connectivity index (χ0) is 54.7. The smallest absolute Gasteiger partial charge is 0.148 e. The molecule has 0 bridgehead atoms. The largest absolute Gasteiger partial charge is 0.507 e. The van der Waals surface area contributed by atoms with Crippen molar-refractivity contribution in [3.63, 3.8) is 0 Å². The summed E-state index contributed by atoms with van der Waals surface area (Å²) in [6, 6.07) is 27.6. The van der Waals surface area contributed by atoms with Crippen LogP contribution in [-0.2, 0) is 37.3 Å². The molecule has 1 N–H and O–H groups in total. The minimum atomic E-state index is -1.26. The van der Waals surface area contributed by atoms with Crippen molar-refractivity contribution in [2.45, 2.75) is 118 Å². The van der Waals surface area contributed by atoms with E-state index in [2.05, 4.69) is 95.1 Å². The van der Waals surface area contributed by atoms with Crippen molar-refractivity contribution in [1.82, 2.24) is 14.5 Å². The molecule has 336 valence electrons. The Balaban J connectivity index is 0.00000820. The minimum Gasteiger partial charge on any atom is -0.507 e. The molecule has 8 aromatic rings. The number of aromatic hydroxyl groups is 1. The van der Waals surface area contributed by atoms with Gasteiger partial charge in [-0.1, -0.05) is 186 Å². The van der Waals surface area contributed by atoms with Crippen LogP contribution in [-0.4, -0.2) is 19.6 Å². The van der Waals surface area contributed by atoms with E-state index >= 15 is 0 Å². The Hall–Kier alpha value is -5.57. The van der Waals surface area contributed by atoms with E-state index in [9.17, 15) is 9.22 Å². The van der Waals surface area contributed by atoms with Gasteiger partial charge in [0.05, 0.1) is 33.3 Å². The van der Waals surface area contributed by atoms with Crippen molar-refractivity contribution in [3.8, 4) is 67.5 Å². The SMILES string of the molecule is [2H]c1nc(-c2[c-]c(-c3cccc4c3nc(-c3cc(C([2H])(C)C)cc(C([2H])(C)C)c3O)n4-c3ccc(C(C)(C)C)cc3-c3ccc(C(C)(C)C)cc3)cc(C(C)(C)C)c2)c([2H])c(-c2c([2H])c([2H])c([2H])c([2H])c2[2H])c1[2H].[Pt]. The molecule has 0 radical (unpaired) electrons. The number of fused-ring (bicyclic) bond motifs is 1. The number of para-hydroxylation sites is 1. The third-order valence-corrected chi connectivity index (χ3v) is 11.9. The van der Waals surface area contributed by atoms with Crippen molar-refractivity contribution < 1.29 is 39.9 Å². The Labute approximate surface area is 416 Å². The van der Waals surface area contributed by atoms with Crippen molar-refractivity contribution in [2.75, 3.05) is 0 Å². The summed E-state index contributed by atoms with van der Waals surface area (Å²) in [5, 5.41) is 12.5. The number of rotatable bonds is 8. The average Bonchev–Trinajstić information content (AvgIpc) is 3.70. The second-order valence-electron chi connectivity index (χ2n) is 20.3. The molecule has 6 aromatic carbocycles. The number of nitrogens with zero attached hydrogens (tertiary/aromatic N) is 3. The van der Waals surface area contributed by atoms with Crippen LogP contribution in [0.2, 0.25) is 0 Å². The minimum absolute atomic E-state index is 0. The molecule has 4 nitrogen and oxygen atoms in total. The number of phenolic OH excluding ortho intramolecular Hbond substituents is 1. The molecule has 2 aromatic heterocycles. The van der Waals surface area contributed by atoms with Gasteiger partial charge in [-0.2, -0.15) is 0 Å². The first kappa shape index (κ1) is 35.7. The van der Waals surface area contributed by atoms with E-state index < -0.39 is 65.7 Å². The Morgan fingerprint density at radius 2 is 1.28 bits per heavy atom. The van der Waals surface area contributed by atoms with Crippen molar-refractivity contribution in [1.29, 1.82) is 0 Å². The summed E-state index contributed by atoms with van der Waals surface area (Å²) in [6.45, 7) is 26.1. The maximum absolute atomic E-state index is 12.5. The topological polar surface area (TPSA) is 50.9 Å². The summed E-state index contributed by atoms with van der Waals surface area (Å²) >= 11 is 0. The fraction of sp³-hybridized carbons (Fsp3) is 0.300. The fourth-order valence-corrected chi connectivity index (χ4v) is 8.01. The fourth-order valence-electron chi connectivity index (χ4n) is 8.01. The van der Waals surface area contributed by atoms with Crippen LogP contribution in [0.15, 0.2) is 133 Å². The van der Waals surface area contributed by atoms with Crippen LogP contribution in [0.1, 0.15) is 143 Å². The number of pyridine rings is 1. The molecular formula is C60H64N3OPt-. The maximum Gasteiger partial charge on any atom is 0.148 e. The van der Waals surface area contributed by atoms with Crippen LogP contribution < -0.4 is 0 Å². The van der Waals surface area contributed by atoms with Crippen LogP contribution in [0.3, 0.4) is 0 Å². The summed E-state index contributed by atoms with van der Waals surface area (Å²) in [6.07, 6.45) is -0.547. The van der Waals surface area contributed by atoms with E-state index in [0.717, 1.165) is 27.9 Å². The van der Waals surface area contributed by atoms with Crippen molar-refractivity contribution in [3.05, 3.63) is 167 Å². The van der Waals surface area contributed by atoms with Gasteiger partial charge in [0.1, 0.15) is 11.6 Å². The molecule has 5 heteroatoms. The molecule has 2 heterocycles. The molecule has 8 rings (SSSR count). The predicted octanol–water partition coefficient (Wildman–Crippen LogP) is 16.4. The molecule has 0 unspecified atom stereocenters. The van der Waals surface area contributed by atoms with E-state index in [0.29, 0.717) is 44.7 Å². The van der Waals surface area contributed by atoms with Gasteiger partial charge in [-0.15, -0.1) is 29.3 Å². The number of phenols is 1. The first-order valence-corrected chi connectivity index (χ1v) is 21.9. The number of imidazole rings is 1. The molecule has 0 saturated heterocycles. The molecule has 0 amide bonds. The second kappa shape index (κ2) is 18.0. The van der Waals surface area contributed by atoms with Gasteiger partial charge in [-0.25, -0.2) is 4.98 Å². The van der Waals surface area contributed by atoms with Gasteiger partial charge in [-0.3, -0.25) is 9.55 Å². The van der Waals surface area contributed by atoms with Crippen LogP contribution in [0, 0.1) is 6.07 Å². The van der Waals surface area contributed by atoms with E-state index in [-0.39, 0.29) is 60.0 Å². The molecular weight excluding hydrogens is 974 g/mol. The summed E-state index contributed by atoms with van der Waals surface area (Å²) in [4.78, 5) is 9.93. The first-order chi connectivity index (χ1) is 34.1. The molecule has 0 aliphatic carbocycles. The molecule has 65 heavy (non-hydrogen) atoms. The Morgan fingerprint density at radius 3 is 1.91 bits per heavy atom. The van der Waals surface area contributed by atoms with Crippen LogP contribution in [0.25, 0.3) is 72.7 Å². The third kappa shape index (κ3) is 9.57. The number of benzene rings is 6. The second-order valence-corrected chi connectivity index (χ2v) is 20.3. The summed E-state index contributed by atoms with van der Waals surface area (Å²) < 4.78 is 90.2. The predicted molar refractivity (Wildman–Crippen MR) is 271 cm³/mol. The van der Waals surface area contributed by atoms with Crippen molar-refractivity contribution >= 4 is 11.0 Å². The summed E-state index contributed by atoms with van der Waals surface area (Å²) in [7, 11) is 0. The monoisotopic (exact) mass is 1050 g/mol. The molecule has 0 spiro atoms. The standard InChI is InChI=1S/C60H64N3O.Pt/c1-37(2)42-33-49(38(3)4)56(64)51(34-42)57-62-55-48(43-30-44(32-47(31-43)60(11,12)13)52-35-41(28-29-61-52)39-18-15-14-16-19-39)20-17-21-54(55)63(57)53-27-26-46(59(8,9)10)36-50(53)40-22-24-45(25-23-40)58(5,6)7;/h14-29,31-38,64H,1-13H3;/q-1;/i14D,15D,16D,18D,19D,28D,29D,35D,37D,38D;. The van der Waals surface area contributed by atoms with Crippen LogP contribution in [0.4, 0.5) is 0 Å². The summed E-state index contributed by atoms with van der Waals surface area (Å²) in [5.41, 5.74) is 8.08.